The van der Waals surface area contributed by atoms with Crippen LogP contribution in [0.4, 0.5) is 0 Å². The van der Waals surface area contributed by atoms with Gasteiger partial charge in [0, 0.05) is 23.7 Å². The van der Waals surface area contributed by atoms with E-state index in [1.54, 1.807) is 22.3 Å². The van der Waals surface area contributed by atoms with E-state index in [1.165, 1.54) is 92.5 Å². The van der Waals surface area contributed by atoms with Gasteiger partial charge in [0.15, 0.2) is 0 Å². The Morgan fingerprint density at radius 2 is 0.491 bits per heavy atom. The van der Waals surface area contributed by atoms with E-state index in [-0.39, 0.29) is 0 Å². The maximum atomic E-state index is 2.54. The van der Waals surface area contributed by atoms with Crippen molar-refractivity contribution < 1.29 is 0 Å². The van der Waals surface area contributed by atoms with E-state index < -0.39 is 5.41 Å². The van der Waals surface area contributed by atoms with Gasteiger partial charge in [-0.2, -0.15) is 0 Å². The predicted molar refractivity (Wildman–Crippen MR) is 238 cm³/mol. The standard InChI is InChI=1S/C57H52/c1-33-21-45-25-41(33)29-53(45)37-5-13-49(14-6-37)57(50-15-7-38(8-16-50)54-30-42-26-46(54)22-34(42)2,51-17-9-39(10-18-51)55-31-43-27-47(55)23-35(43)3)52-19-11-40(12-20-52)56-32-44-28-48(56)24-36(44)4/h5-24,29-32,41-48H,25-28H2,1-4H3. The Labute approximate surface area is 339 Å². The molecule has 0 saturated heterocycles. The van der Waals surface area contributed by atoms with Crippen molar-refractivity contribution in [2.75, 3.05) is 0 Å². The smallest absolute Gasteiger partial charge is 0.0701 e. The molecule has 0 saturated carbocycles. The van der Waals surface area contributed by atoms with Crippen molar-refractivity contribution in [3.63, 3.8) is 0 Å². The molecule has 4 aromatic rings. The van der Waals surface area contributed by atoms with Gasteiger partial charge in [0.1, 0.15) is 0 Å². The van der Waals surface area contributed by atoms with Crippen molar-refractivity contribution in [2.24, 2.45) is 47.3 Å². The van der Waals surface area contributed by atoms with Crippen molar-refractivity contribution in [1.29, 1.82) is 0 Å². The molecule has 0 N–H and O–H groups in total. The summed E-state index contributed by atoms with van der Waals surface area (Å²) in [6, 6.07) is 39.1. The summed E-state index contributed by atoms with van der Waals surface area (Å²) in [6.07, 6.45) is 25.2. The minimum atomic E-state index is -0.508. The van der Waals surface area contributed by atoms with Crippen LogP contribution in [0.2, 0.25) is 0 Å². The second kappa shape index (κ2) is 12.4. The fourth-order valence-corrected chi connectivity index (χ4v) is 12.8. The Balaban J connectivity index is 1.01. The van der Waals surface area contributed by atoms with Gasteiger partial charge in [-0.25, -0.2) is 0 Å². The first kappa shape index (κ1) is 33.9. The second-order valence-electron chi connectivity index (χ2n) is 19.0. The van der Waals surface area contributed by atoms with Gasteiger partial charge in [0.2, 0.25) is 0 Å². The fraction of sp³-hybridized carbons (Fsp3) is 0.298. The minimum absolute atomic E-state index is 0.508. The lowest BCUT2D eigenvalue weighted by Gasteiger charge is -2.37. The van der Waals surface area contributed by atoms with Crippen LogP contribution in [0.25, 0.3) is 22.3 Å². The van der Waals surface area contributed by atoms with Crippen LogP contribution in [-0.2, 0) is 5.41 Å². The molecule has 8 unspecified atom stereocenters. The lowest BCUT2D eigenvalue weighted by Crippen LogP contribution is -2.31. The summed E-state index contributed by atoms with van der Waals surface area (Å²) < 4.78 is 0. The van der Waals surface area contributed by atoms with Crippen molar-refractivity contribution in [3.05, 3.63) is 212 Å². The normalized spacial score (nSPS) is 30.8. The zero-order valence-corrected chi connectivity index (χ0v) is 33.8. The Hall–Kier alpha value is -5.20. The summed E-state index contributed by atoms with van der Waals surface area (Å²) in [5.41, 5.74) is 22.5. The van der Waals surface area contributed by atoms with E-state index in [2.05, 4.69) is 173 Å². The molecule has 0 radical (unpaired) electrons. The molecule has 4 aromatic carbocycles. The average molecular weight is 737 g/mol. The molecule has 0 aromatic heterocycles. The summed E-state index contributed by atoms with van der Waals surface area (Å²) in [4.78, 5) is 0. The second-order valence-corrected chi connectivity index (χ2v) is 19.0. The van der Waals surface area contributed by atoms with Crippen molar-refractivity contribution in [2.45, 2.75) is 58.8 Å². The van der Waals surface area contributed by atoms with Crippen LogP contribution >= 0.6 is 0 Å². The van der Waals surface area contributed by atoms with Crippen molar-refractivity contribution >= 4 is 22.3 Å². The fourth-order valence-electron chi connectivity index (χ4n) is 12.8. The van der Waals surface area contributed by atoms with Gasteiger partial charge in [-0.1, -0.05) is 168 Å². The highest BCUT2D eigenvalue weighted by Crippen LogP contribution is 2.53. The average Bonchev–Trinajstić information content (AvgIpc) is 4.11. The molecule has 0 nitrogen and oxygen atoms in total. The molecule has 8 aliphatic carbocycles. The number of allylic oxidation sites excluding steroid dienone is 16. The van der Waals surface area contributed by atoms with Crippen LogP contribution in [0.5, 0.6) is 0 Å². The molecule has 8 bridgehead atoms. The predicted octanol–water partition coefficient (Wildman–Crippen LogP) is 14.0. The third-order valence-electron chi connectivity index (χ3n) is 16.0. The summed E-state index contributed by atoms with van der Waals surface area (Å²) in [5, 5.41) is 0. The van der Waals surface area contributed by atoms with Crippen LogP contribution < -0.4 is 0 Å². The van der Waals surface area contributed by atoms with Crippen LogP contribution in [0.15, 0.2) is 168 Å². The van der Waals surface area contributed by atoms with E-state index >= 15 is 0 Å². The minimum Gasteiger partial charge on any atom is -0.0774 e. The number of fused-ring (bicyclic) bond motifs is 8. The highest BCUT2D eigenvalue weighted by molar-refractivity contribution is 5.79. The van der Waals surface area contributed by atoms with Crippen molar-refractivity contribution in [3.8, 4) is 0 Å². The molecule has 0 amide bonds. The molecule has 8 aliphatic rings. The highest BCUT2D eigenvalue weighted by Gasteiger charge is 2.41. The van der Waals surface area contributed by atoms with E-state index in [4.69, 9.17) is 0 Å². The van der Waals surface area contributed by atoms with Crippen LogP contribution in [0.3, 0.4) is 0 Å². The van der Waals surface area contributed by atoms with Gasteiger partial charge in [-0.3, -0.25) is 0 Å². The molecule has 0 heterocycles. The molecule has 0 heteroatoms. The molecule has 0 aliphatic heterocycles. The van der Waals surface area contributed by atoms with Crippen LogP contribution in [-0.4, -0.2) is 0 Å². The third kappa shape index (κ3) is 5.05. The highest BCUT2D eigenvalue weighted by atomic mass is 14.4. The molecule has 57 heavy (non-hydrogen) atoms. The monoisotopic (exact) mass is 736 g/mol. The van der Waals surface area contributed by atoms with Gasteiger partial charge in [-0.15, -0.1) is 0 Å². The lowest BCUT2D eigenvalue weighted by atomic mass is 9.64. The molecular weight excluding hydrogens is 685 g/mol. The number of benzene rings is 4. The maximum Gasteiger partial charge on any atom is 0.0701 e. The first-order chi connectivity index (χ1) is 27.8. The summed E-state index contributed by atoms with van der Waals surface area (Å²) >= 11 is 0. The van der Waals surface area contributed by atoms with E-state index in [9.17, 15) is 0 Å². The quantitative estimate of drug-likeness (QED) is 0.125. The lowest BCUT2D eigenvalue weighted by molar-refractivity contribution is 0.718. The van der Waals surface area contributed by atoms with E-state index in [0.29, 0.717) is 47.3 Å². The molecule has 280 valence electrons. The molecule has 12 rings (SSSR count). The van der Waals surface area contributed by atoms with Crippen LogP contribution in [0, 0.1) is 47.3 Å². The Morgan fingerprint density at radius 3 is 0.649 bits per heavy atom. The van der Waals surface area contributed by atoms with Crippen molar-refractivity contribution in [1.82, 2.24) is 0 Å². The molecule has 8 atom stereocenters. The van der Waals surface area contributed by atoms with Crippen LogP contribution in [0.1, 0.15) is 97.9 Å². The topological polar surface area (TPSA) is 0 Å². The summed E-state index contributed by atoms with van der Waals surface area (Å²) in [5.74, 6) is 4.64. The van der Waals surface area contributed by atoms with Gasteiger partial charge >= 0.3 is 0 Å². The Bertz CT molecular complexity index is 2230. The van der Waals surface area contributed by atoms with Gasteiger partial charge < -0.3 is 0 Å². The van der Waals surface area contributed by atoms with Gasteiger partial charge in [0.25, 0.3) is 0 Å². The number of rotatable bonds is 8. The summed E-state index contributed by atoms with van der Waals surface area (Å²) in [7, 11) is 0. The zero-order chi connectivity index (χ0) is 38.2. The van der Waals surface area contributed by atoms with E-state index in [0.717, 1.165) is 0 Å². The zero-order valence-electron chi connectivity index (χ0n) is 33.8. The van der Waals surface area contributed by atoms with Gasteiger partial charge in [-0.05, 0) is 144 Å². The SMILES string of the molecule is CC1=CC2CC1C=C2c1ccc(C(c2ccc(C3=CC4CC3C=C4C)cc2)(c2ccc(C3=CC4CC3C=C4C)cc2)c2ccc(C3=CC4CC3C=C4C)cc2)cc1. The Kier molecular flexibility index (Phi) is 7.37. The van der Waals surface area contributed by atoms with E-state index in [1.807, 2.05) is 0 Å². The third-order valence-corrected chi connectivity index (χ3v) is 16.0. The van der Waals surface area contributed by atoms with Gasteiger partial charge in [0.05, 0.1) is 5.41 Å². The first-order valence-corrected chi connectivity index (χ1v) is 21.8. The molecule has 0 spiro atoms. The molecule has 0 fully saturated rings. The first-order valence-electron chi connectivity index (χ1n) is 21.8. The summed E-state index contributed by atoms with van der Waals surface area (Å²) in [6.45, 7) is 9.22. The maximum absolute atomic E-state index is 2.54. The number of hydrogen-bond donors (Lipinski definition) is 0. The largest absolute Gasteiger partial charge is 0.0774 e. The Morgan fingerprint density at radius 1 is 0.281 bits per heavy atom. The number of hydrogen-bond acceptors (Lipinski definition) is 0. The molecular formula is C57H52.